The summed E-state index contributed by atoms with van der Waals surface area (Å²) in [5.41, 5.74) is 5.21. The molecule has 76 valence electrons. The molecular formula is C7H9N3O3S. The number of thiol groups is 1. The van der Waals surface area contributed by atoms with E-state index < -0.39 is 12.0 Å². The highest BCUT2D eigenvalue weighted by atomic mass is 32.1. The predicted molar refractivity (Wildman–Crippen MR) is 51.4 cm³/mol. The molecular weight excluding hydrogens is 206 g/mol. The molecule has 1 atom stereocenters. The number of nitrogens with one attached hydrogen (secondary N) is 1. The van der Waals surface area contributed by atoms with Crippen molar-refractivity contribution >= 4 is 18.6 Å². The van der Waals surface area contributed by atoms with Gasteiger partial charge in [-0.1, -0.05) is 0 Å². The minimum atomic E-state index is -1.13. The highest BCUT2D eigenvalue weighted by Crippen LogP contribution is 1.99. The summed E-state index contributed by atoms with van der Waals surface area (Å²) in [5.74, 6) is -1.13. The Hall–Kier alpha value is -1.34. The van der Waals surface area contributed by atoms with Crippen LogP contribution in [0.15, 0.2) is 16.0 Å². The second kappa shape index (κ2) is 4.25. The van der Waals surface area contributed by atoms with Crippen LogP contribution < -0.4 is 11.3 Å². The van der Waals surface area contributed by atoms with E-state index in [0.29, 0.717) is 5.69 Å². The van der Waals surface area contributed by atoms with E-state index in [-0.39, 0.29) is 17.1 Å². The quantitative estimate of drug-likeness (QED) is 0.382. The third-order valence-corrected chi connectivity index (χ3v) is 1.74. The lowest BCUT2D eigenvalue weighted by molar-refractivity contribution is -0.138. The molecule has 1 aromatic heterocycles. The minimum Gasteiger partial charge on any atom is -0.480 e. The maximum atomic E-state index is 10.9. The lowest BCUT2D eigenvalue weighted by Crippen LogP contribution is -2.33. The number of carboxylic acid groups (broad SMARTS) is 1. The van der Waals surface area contributed by atoms with Crippen LogP contribution in [-0.2, 0) is 11.2 Å². The van der Waals surface area contributed by atoms with Gasteiger partial charge >= 0.3 is 5.97 Å². The number of aromatic amines is 1. The van der Waals surface area contributed by atoms with Crippen LogP contribution in [0.4, 0.5) is 0 Å². The van der Waals surface area contributed by atoms with Crippen molar-refractivity contribution in [3.8, 4) is 0 Å². The van der Waals surface area contributed by atoms with Gasteiger partial charge in [-0.3, -0.25) is 9.59 Å². The molecule has 0 aliphatic rings. The third-order valence-electron chi connectivity index (χ3n) is 1.53. The Labute approximate surface area is 84.6 Å². The smallest absolute Gasteiger partial charge is 0.320 e. The van der Waals surface area contributed by atoms with Gasteiger partial charge in [0.2, 0.25) is 0 Å². The molecule has 0 saturated heterocycles. The molecule has 0 bridgehead atoms. The molecule has 1 aromatic rings. The number of carbonyl (C=O) groups is 1. The first kappa shape index (κ1) is 10.7. The van der Waals surface area contributed by atoms with Gasteiger partial charge in [-0.05, 0) is 0 Å². The van der Waals surface area contributed by atoms with E-state index in [4.69, 9.17) is 10.8 Å². The van der Waals surface area contributed by atoms with Crippen molar-refractivity contribution in [1.29, 1.82) is 0 Å². The lowest BCUT2D eigenvalue weighted by Gasteiger charge is -2.04. The second-order valence-corrected chi connectivity index (χ2v) is 3.13. The zero-order chi connectivity index (χ0) is 10.7. The van der Waals surface area contributed by atoms with Crippen molar-refractivity contribution in [3.63, 3.8) is 0 Å². The highest BCUT2D eigenvalue weighted by Gasteiger charge is 2.13. The van der Waals surface area contributed by atoms with Crippen molar-refractivity contribution in [2.45, 2.75) is 17.6 Å². The Bertz CT molecular complexity index is 403. The fraction of sp³-hybridized carbons (Fsp3) is 0.286. The normalized spacial score (nSPS) is 12.4. The van der Waals surface area contributed by atoms with E-state index in [1.807, 2.05) is 0 Å². The first-order valence-corrected chi connectivity index (χ1v) is 4.21. The van der Waals surface area contributed by atoms with Crippen LogP contribution in [0, 0.1) is 0 Å². The molecule has 0 aliphatic heterocycles. The second-order valence-electron chi connectivity index (χ2n) is 2.71. The Kier molecular flexibility index (Phi) is 3.26. The SMILES string of the molecule is NC(Cc1cc(=O)[nH]c(S)n1)C(=O)O. The molecule has 6 nitrogen and oxygen atoms in total. The molecule has 1 heterocycles. The van der Waals surface area contributed by atoms with Crippen LogP contribution in [0.1, 0.15) is 5.69 Å². The Morgan fingerprint density at radius 3 is 2.93 bits per heavy atom. The third kappa shape index (κ3) is 2.86. The number of hydrogen-bond donors (Lipinski definition) is 4. The topological polar surface area (TPSA) is 109 Å². The largest absolute Gasteiger partial charge is 0.480 e. The van der Waals surface area contributed by atoms with Crippen LogP contribution in [0.5, 0.6) is 0 Å². The predicted octanol–water partition coefficient (Wildman–Crippen LogP) is -0.987. The molecule has 1 rings (SSSR count). The van der Waals surface area contributed by atoms with Gasteiger partial charge in [0.1, 0.15) is 6.04 Å². The number of carboxylic acids is 1. The Morgan fingerprint density at radius 1 is 1.79 bits per heavy atom. The van der Waals surface area contributed by atoms with Crippen LogP contribution in [0.2, 0.25) is 0 Å². The summed E-state index contributed by atoms with van der Waals surface area (Å²) in [6.07, 6.45) is 0.00676. The Balaban J connectivity index is 2.87. The first-order valence-electron chi connectivity index (χ1n) is 3.76. The molecule has 0 aromatic carbocycles. The number of nitrogens with two attached hydrogens (primary N) is 1. The van der Waals surface area contributed by atoms with Crippen LogP contribution in [0.25, 0.3) is 0 Å². The van der Waals surface area contributed by atoms with Gasteiger partial charge in [0.15, 0.2) is 5.16 Å². The molecule has 0 saturated carbocycles. The van der Waals surface area contributed by atoms with Gasteiger partial charge in [-0.15, -0.1) is 12.6 Å². The number of nitrogens with zero attached hydrogens (tertiary/aromatic N) is 1. The molecule has 0 radical (unpaired) electrons. The minimum absolute atomic E-state index is 0.00676. The van der Waals surface area contributed by atoms with Crippen molar-refractivity contribution in [2.24, 2.45) is 5.73 Å². The number of aromatic nitrogens is 2. The van der Waals surface area contributed by atoms with Gasteiger partial charge in [0, 0.05) is 12.5 Å². The van der Waals surface area contributed by atoms with Crippen molar-refractivity contribution in [3.05, 3.63) is 22.1 Å². The summed E-state index contributed by atoms with van der Waals surface area (Å²) in [4.78, 5) is 27.5. The van der Waals surface area contributed by atoms with Gasteiger partial charge in [0.05, 0.1) is 5.69 Å². The first-order chi connectivity index (χ1) is 6.49. The van der Waals surface area contributed by atoms with Gasteiger partial charge in [-0.25, -0.2) is 4.98 Å². The highest BCUT2D eigenvalue weighted by molar-refractivity contribution is 7.80. The number of H-pyrrole nitrogens is 1. The van der Waals surface area contributed by atoms with Crippen LogP contribution in [-0.4, -0.2) is 27.1 Å². The molecule has 4 N–H and O–H groups in total. The zero-order valence-electron chi connectivity index (χ0n) is 7.10. The van der Waals surface area contributed by atoms with Gasteiger partial charge in [0.25, 0.3) is 5.56 Å². The summed E-state index contributed by atoms with van der Waals surface area (Å²) in [6, 6.07) is 0.139. The summed E-state index contributed by atoms with van der Waals surface area (Å²) in [6.45, 7) is 0. The fourth-order valence-corrected chi connectivity index (χ4v) is 1.15. The molecule has 7 heteroatoms. The van der Waals surface area contributed by atoms with Gasteiger partial charge in [-0.2, -0.15) is 0 Å². The molecule has 14 heavy (non-hydrogen) atoms. The monoisotopic (exact) mass is 215 g/mol. The van der Waals surface area contributed by atoms with Crippen LogP contribution in [0.3, 0.4) is 0 Å². The molecule has 0 aliphatic carbocycles. The van der Waals surface area contributed by atoms with Crippen LogP contribution >= 0.6 is 12.6 Å². The van der Waals surface area contributed by atoms with E-state index in [1.165, 1.54) is 6.07 Å². The van der Waals surface area contributed by atoms with E-state index in [1.54, 1.807) is 0 Å². The summed E-state index contributed by atoms with van der Waals surface area (Å²) in [7, 11) is 0. The lowest BCUT2D eigenvalue weighted by atomic mass is 10.2. The summed E-state index contributed by atoms with van der Waals surface area (Å²) >= 11 is 3.84. The van der Waals surface area contributed by atoms with E-state index in [2.05, 4.69) is 22.6 Å². The maximum Gasteiger partial charge on any atom is 0.320 e. The van der Waals surface area contributed by atoms with E-state index >= 15 is 0 Å². The molecule has 0 fully saturated rings. The average molecular weight is 215 g/mol. The Morgan fingerprint density at radius 2 is 2.43 bits per heavy atom. The van der Waals surface area contributed by atoms with Crippen molar-refractivity contribution in [2.75, 3.05) is 0 Å². The van der Waals surface area contributed by atoms with Crippen molar-refractivity contribution < 1.29 is 9.90 Å². The maximum absolute atomic E-state index is 10.9. The standard InChI is InChI=1S/C7H9N3O3S/c8-4(6(12)13)1-3-2-5(11)10-7(14)9-3/h2,4H,1,8H2,(H,12,13)(H2,9,10,11,14). The number of hydrogen-bond acceptors (Lipinski definition) is 5. The summed E-state index contributed by atoms with van der Waals surface area (Å²) < 4.78 is 0. The number of aliphatic carboxylic acids is 1. The molecule has 0 spiro atoms. The fourth-order valence-electron chi connectivity index (χ4n) is 0.911. The van der Waals surface area contributed by atoms with E-state index in [9.17, 15) is 9.59 Å². The number of rotatable bonds is 3. The zero-order valence-corrected chi connectivity index (χ0v) is 7.99. The average Bonchev–Trinajstić information content (AvgIpc) is 2.01. The summed E-state index contributed by atoms with van der Waals surface area (Å²) in [5, 5.41) is 8.67. The van der Waals surface area contributed by atoms with E-state index in [0.717, 1.165) is 0 Å². The molecule has 1 unspecified atom stereocenters. The van der Waals surface area contributed by atoms with Crippen molar-refractivity contribution in [1.82, 2.24) is 9.97 Å². The van der Waals surface area contributed by atoms with Gasteiger partial charge < -0.3 is 15.8 Å². The molecule has 0 amide bonds.